The van der Waals surface area contributed by atoms with Crippen molar-refractivity contribution in [3.63, 3.8) is 0 Å². The lowest BCUT2D eigenvalue weighted by atomic mass is 10.0. The fourth-order valence-corrected chi connectivity index (χ4v) is 4.10. The summed E-state index contributed by atoms with van der Waals surface area (Å²) < 4.78 is 1.83. The summed E-state index contributed by atoms with van der Waals surface area (Å²) in [6, 6.07) is 7.56. The Labute approximate surface area is 158 Å². The van der Waals surface area contributed by atoms with Gasteiger partial charge >= 0.3 is 0 Å². The summed E-state index contributed by atoms with van der Waals surface area (Å²) in [7, 11) is 0. The lowest BCUT2D eigenvalue weighted by molar-refractivity contribution is 0.0780. The average Bonchev–Trinajstić information content (AvgIpc) is 3.27. The summed E-state index contributed by atoms with van der Waals surface area (Å²) in [5, 5.41) is 8.54. The van der Waals surface area contributed by atoms with Crippen molar-refractivity contribution in [2.75, 3.05) is 26.2 Å². The number of carbonyl (C=O) groups excluding carboxylic acids is 1. The second-order valence-electron chi connectivity index (χ2n) is 6.64. The zero-order chi connectivity index (χ0) is 16.7. The van der Waals surface area contributed by atoms with Gasteiger partial charge in [-0.15, -0.1) is 12.4 Å². The molecule has 2 aliphatic heterocycles. The minimum Gasteiger partial charge on any atom is -0.338 e. The second-order valence-corrected chi connectivity index (χ2v) is 7.08. The molecule has 4 rings (SSSR count). The quantitative estimate of drug-likeness (QED) is 0.890. The van der Waals surface area contributed by atoms with Crippen molar-refractivity contribution in [1.82, 2.24) is 20.0 Å². The maximum Gasteiger partial charge on any atom is 0.257 e. The number of carbonyl (C=O) groups is 1. The predicted molar refractivity (Wildman–Crippen MR) is 101 cm³/mol. The summed E-state index contributed by atoms with van der Waals surface area (Å²) in [5.41, 5.74) is 2.55. The number of hydrogen-bond donors (Lipinski definition) is 1. The summed E-state index contributed by atoms with van der Waals surface area (Å²) in [4.78, 5) is 15.0. The van der Waals surface area contributed by atoms with E-state index in [0.717, 1.165) is 44.0 Å². The zero-order valence-electron chi connectivity index (χ0n) is 14.1. The highest BCUT2D eigenvalue weighted by Gasteiger charge is 2.39. The molecule has 7 heteroatoms. The van der Waals surface area contributed by atoms with E-state index in [0.29, 0.717) is 22.4 Å². The Hall–Kier alpha value is -1.56. The Morgan fingerprint density at radius 2 is 2.04 bits per heavy atom. The molecule has 2 fully saturated rings. The predicted octanol–water partition coefficient (Wildman–Crippen LogP) is 2.80. The van der Waals surface area contributed by atoms with Crippen LogP contribution in [0, 0.1) is 11.8 Å². The molecular formula is C18H22Cl2N4O. The van der Waals surface area contributed by atoms with Crippen LogP contribution in [0.3, 0.4) is 0 Å². The third kappa shape index (κ3) is 3.28. The summed E-state index contributed by atoms with van der Waals surface area (Å²) in [6.07, 6.45) is 2.45. The molecule has 1 amide bonds. The molecule has 0 aliphatic carbocycles. The molecule has 0 saturated carbocycles. The Morgan fingerprint density at radius 1 is 1.32 bits per heavy atom. The van der Waals surface area contributed by atoms with Crippen molar-refractivity contribution in [3.05, 3.63) is 46.7 Å². The first-order valence-electron chi connectivity index (χ1n) is 8.50. The van der Waals surface area contributed by atoms with E-state index in [1.165, 1.54) is 0 Å². The first kappa shape index (κ1) is 18.2. The highest BCUT2D eigenvalue weighted by molar-refractivity contribution is 6.30. The molecule has 5 nitrogen and oxygen atoms in total. The molecule has 0 spiro atoms. The second kappa shape index (κ2) is 7.36. The topological polar surface area (TPSA) is 50.2 Å². The number of hydrogen-bond acceptors (Lipinski definition) is 3. The minimum absolute atomic E-state index is 0. The largest absolute Gasteiger partial charge is 0.338 e. The number of fused-ring (bicyclic) bond motifs is 1. The van der Waals surface area contributed by atoms with Crippen LogP contribution in [0.5, 0.6) is 0 Å². The first-order chi connectivity index (χ1) is 11.7. The van der Waals surface area contributed by atoms with Crippen molar-refractivity contribution in [1.29, 1.82) is 0 Å². The Kier molecular flexibility index (Phi) is 5.37. The molecular weight excluding hydrogens is 359 g/mol. The number of halogens is 2. The number of nitrogens with one attached hydrogen (secondary N) is 1. The van der Waals surface area contributed by atoms with E-state index in [-0.39, 0.29) is 18.3 Å². The molecule has 1 aromatic heterocycles. The van der Waals surface area contributed by atoms with Gasteiger partial charge in [0.15, 0.2) is 0 Å². The molecule has 0 unspecified atom stereocenters. The van der Waals surface area contributed by atoms with E-state index in [2.05, 4.69) is 17.3 Å². The Bertz CT molecular complexity index is 764. The molecule has 134 valence electrons. The summed E-state index contributed by atoms with van der Waals surface area (Å²) in [6.45, 7) is 5.80. The van der Waals surface area contributed by atoms with Gasteiger partial charge in [-0.2, -0.15) is 5.10 Å². The number of aromatic nitrogens is 2. The molecule has 2 aromatic rings. The van der Waals surface area contributed by atoms with Gasteiger partial charge in [-0.25, -0.2) is 4.68 Å². The monoisotopic (exact) mass is 380 g/mol. The number of likely N-dealkylation sites (tertiary alicyclic amines) is 1. The molecule has 1 aromatic carbocycles. The van der Waals surface area contributed by atoms with Crippen LogP contribution in [-0.4, -0.2) is 46.8 Å². The van der Waals surface area contributed by atoms with Gasteiger partial charge in [-0.3, -0.25) is 4.79 Å². The maximum absolute atomic E-state index is 13.0. The SMILES string of the molecule is CCc1c(C(=O)N2C[C@H]3CNC[C@H]3C2)cnn1-c1cccc(Cl)c1.Cl. The molecule has 2 saturated heterocycles. The average molecular weight is 381 g/mol. The highest BCUT2D eigenvalue weighted by Crippen LogP contribution is 2.28. The van der Waals surface area contributed by atoms with Crippen LogP contribution in [-0.2, 0) is 6.42 Å². The maximum atomic E-state index is 13.0. The third-order valence-electron chi connectivity index (χ3n) is 5.16. The van der Waals surface area contributed by atoms with Gasteiger partial charge in [0.05, 0.1) is 23.1 Å². The fourth-order valence-electron chi connectivity index (χ4n) is 3.91. The van der Waals surface area contributed by atoms with E-state index in [1.807, 2.05) is 33.8 Å². The van der Waals surface area contributed by atoms with Crippen LogP contribution in [0.2, 0.25) is 5.02 Å². The molecule has 3 heterocycles. The minimum atomic E-state index is 0. The van der Waals surface area contributed by atoms with Crippen LogP contribution < -0.4 is 5.32 Å². The Balaban J connectivity index is 0.00000182. The van der Waals surface area contributed by atoms with Crippen molar-refractivity contribution < 1.29 is 4.79 Å². The van der Waals surface area contributed by atoms with Crippen LogP contribution in [0.15, 0.2) is 30.5 Å². The Morgan fingerprint density at radius 3 is 2.68 bits per heavy atom. The standard InChI is InChI=1S/C18H21ClN4O.ClH/c1-2-17-16(9-21-23(17)15-5-3-4-14(19)6-15)18(24)22-10-12-7-20-8-13(12)11-22;/h3-6,9,12-13,20H,2,7-8,10-11H2,1H3;1H/t12-,13+;. The summed E-state index contributed by atoms with van der Waals surface area (Å²) >= 11 is 6.10. The van der Waals surface area contributed by atoms with Crippen molar-refractivity contribution in [2.45, 2.75) is 13.3 Å². The smallest absolute Gasteiger partial charge is 0.257 e. The summed E-state index contributed by atoms with van der Waals surface area (Å²) in [5.74, 6) is 1.30. The third-order valence-corrected chi connectivity index (χ3v) is 5.40. The van der Waals surface area contributed by atoms with Gasteiger partial charge in [0.2, 0.25) is 0 Å². The molecule has 0 bridgehead atoms. The normalized spacial score (nSPS) is 21.9. The van der Waals surface area contributed by atoms with Crippen molar-refractivity contribution in [2.24, 2.45) is 11.8 Å². The number of amides is 1. The van der Waals surface area contributed by atoms with Gasteiger partial charge in [0, 0.05) is 31.2 Å². The van der Waals surface area contributed by atoms with Gasteiger partial charge in [-0.1, -0.05) is 24.6 Å². The molecule has 0 radical (unpaired) electrons. The molecule has 2 aliphatic rings. The highest BCUT2D eigenvalue weighted by atomic mass is 35.5. The number of benzene rings is 1. The van der Waals surface area contributed by atoms with E-state index < -0.39 is 0 Å². The van der Waals surface area contributed by atoms with Crippen LogP contribution in [0.25, 0.3) is 5.69 Å². The van der Waals surface area contributed by atoms with Crippen molar-refractivity contribution in [3.8, 4) is 5.69 Å². The number of nitrogens with zero attached hydrogens (tertiary/aromatic N) is 3. The lowest BCUT2D eigenvalue weighted by Crippen LogP contribution is -2.32. The molecule has 25 heavy (non-hydrogen) atoms. The van der Waals surface area contributed by atoms with E-state index >= 15 is 0 Å². The van der Waals surface area contributed by atoms with E-state index in [1.54, 1.807) is 6.20 Å². The zero-order valence-corrected chi connectivity index (χ0v) is 15.7. The van der Waals surface area contributed by atoms with E-state index in [4.69, 9.17) is 11.6 Å². The van der Waals surface area contributed by atoms with Crippen LogP contribution >= 0.6 is 24.0 Å². The van der Waals surface area contributed by atoms with Gasteiger partial charge in [-0.05, 0) is 36.5 Å². The first-order valence-corrected chi connectivity index (χ1v) is 8.88. The van der Waals surface area contributed by atoms with Gasteiger partial charge < -0.3 is 10.2 Å². The van der Waals surface area contributed by atoms with Crippen LogP contribution in [0.1, 0.15) is 23.0 Å². The molecule has 2 atom stereocenters. The van der Waals surface area contributed by atoms with Crippen LogP contribution in [0.4, 0.5) is 0 Å². The van der Waals surface area contributed by atoms with E-state index in [9.17, 15) is 4.79 Å². The van der Waals surface area contributed by atoms with Crippen molar-refractivity contribution >= 4 is 29.9 Å². The lowest BCUT2D eigenvalue weighted by Gasteiger charge is -2.17. The van der Waals surface area contributed by atoms with Gasteiger partial charge in [0.25, 0.3) is 5.91 Å². The number of rotatable bonds is 3. The fraction of sp³-hybridized carbons (Fsp3) is 0.444. The van der Waals surface area contributed by atoms with Gasteiger partial charge in [0.1, 0.15) is 0 Å². The molecule has 1 N–H and O–H groups in total.